The molecule has 166 valence electrons. The molecule has 3 N–H and O–H groups in total. The number of ketones is 1. The monoisotopic (exact) mass is 437 g/mol. The van der Waals surface area contributed by atoms with Gasteiger partial charge in [-0.05, 0) is 72.6 Å². The molecule has 0 radical (unpaired) electrons. The van der Waals surface area contributed by atoms with E-state index in [4.69, 9.17) is 5.73 Å². The minimum Gasteiger partial charge on any atom is -0.508 e. The molecule has 1 aliphatic rings. The lowest BCUT2D eigenvalue weighted by molar-refractivity contribution is 0.0987. The molecule has 1 aliphatic carbocycles. The number of carbonyl (C=O) groups is 1. The maximum absolute atomic E-state index is 14.4. The van der Waals surface area contributed by atoms with Crippen LogP contribution in [0.4, 0.5) is 8.78 Å². The van der Waals surface area contributed by atoms with Crippen molar-refractivity contribution < 1.29 is 18.7 Å². The van der Waals surface area contributed by atoms with E-state index in [1.807, 2.05) is 6.07 Å². The van der Waals surface area contributed by atoms with E-state index >= 15 is 0 Å². The van der Waals surface area contributed by atoms with Crippen LogP contribution < -0.4 is 5.73 Å². The number of hydrogen-bond donors (Lipinski definition) is 2. The number of carbonyl (C=O) groups excluding carboxylic acids is 1. The molecule has 0 saturated heterocycles. The fourth-order valence-corrected chi connectivity index (χ4v) is 4.64. The second-order valence-electron chi connectivity index (χ2n) is 8.63. The van der Waals surface area contributed by atoms with Gasteiger partial charge in [0.2, 0.25) is 0 Å². The van der Waals surface area contributed by atoms with Crippen LogP contribution in [-0.4, -0.2) is 26.9 Å². The maximum atomic E-state index is 14.4. The second kappa shape index (κ2) is 9.12. The lowest BCUT2D eigenvalue weighted by Gasteiger charge is -2.32. The summed E-state index contributed by atoms with van der Waals surface area (Å²) in [5, 5.41) is 9.40. The Balaban J connectivity index is 1.62. The Bertz CT molecular complexity index is 1140. The fourth-order valence-electron chi connectivity index (χ4n) is 4.64. The Morgan fingerprint density at radius 1 is 1.12 bits per heavy atom. The Hall–Kier alpha value is -3.19. The van der Waals surface area contributed by atoms with Crippen LogP contribution in [0.1, 0.15) is 53.7 Å². The van der Waals surface area contributed by atoms with Crippen LogP contribution >= 0.6 is 0 Å². The van der Waals surface area contributed by atoms with Crippen LogP contribution in [0.15, 0.2) is 48.8 Å². The number of benzene rings is 1. The summed E-state index contributed by atoms with van der Waals surface area (Å²) >= 11 is 0. The Morgan fingerprint density at radius 2 is 1.94 bits per heavy atom. The number of halogens is 2. The first-order chi connectivity index (χ1) is 15.3. The average Bonchev–Trinajstić information content (AvgIpc) is 2.74. The van der Waals surface area contributed by atoms with Crippen LogP contribution in [0.2, 0.25) is 0 Å². The highest BCUT2D eigenvalue weighted by Gasteiger charge is 2.27. The molecule has 1 fully saturated rings. The number of phenols is 1. The van der Waals surface area contributed by atoms with Gasteiger partial charge in [0.25, 0.3) is 0 Å². The molecule has 0 bridgehead atoms. The quantitative estimate of drug-likeness (QED) is 0.561. The number of phenolic OH excluding ortho intramolecular Hbond substituents is 1. The third-order valence-corrected chi connectivity index (χ3v) is 6.05. The Kier molecular flexibility index (Phi) is 6.28. The van der Waals surface area contributed by atoms with Crippen molar-refractivity contribution in [2.75, 3.05) is 0 Å². The summed E-state index contributed by atoms with van der Waals surface area (Å²) < 4.78 is 28.6. The van der Waals surface area contributed by atoms with Crippen molar-refractivity contribution in [3.8, 4) is 17.0 Å². The Labute approximate surface area is 185 Å². The second-order valence-corrected chi connectivity index (χ2v) is 8.63. The van der Waals surface area contributed by atoms with Gasteiger partial charge in [0.05, 0.1) is 0 Å². The molecule has 1 aromatic carbocycles. The zero-order valence-corrected chi connectivity index (χ0v) is 17.8. The molecule has 3 atom stereocenters. The first-order valence-corrected chi connectivity index (χ1v) is 10.7. The van der Waals surface area contributed by atoms with Gasteiger partial charge < -0.3 is 10.8 Å². The number of nitrogens with two attached hydrogens (primary N) is 1. The van der Waals surface area contributed by atoms with Crippen molar-refractivity contribution in [3.63, 3.8) is 0 Å². The highest BCUT2D eigenvalue weighted by atomic mass is 19.1. The Morgan fingerprint density at radius 3 is 2.69 bits per heavy atom. The van der Waals surface area contributed by atoms with Gasteiger partial charge in [-0.15, -0.1) is 0 Å². The highest BCUT2D eigenvalue weighted by molar-refractivity contribution is 5.96. The summed E-state index contributed by atoms with van der Waals surface area (Å²) in [6.45, 7) is 2.18. The summed E-state index contributed by atoms with van der Waals surface area (Å²) in [5.74, 6) is -1.41. The minimum atomic E-state index is -0.821. The number of Topliss-reactive ketones (excluding diaryl/α,β-unsaturated/α-hetero) is 1. The fraction of sp³-hybridized carbons (Fsp3) is 0.320. The molecule has 2 aromatic heterocycles. The normalized spacial score (nSPS) is 20.8. The van der Waals surface area contributed by atoms with E-state index in [2.05, 4.69) is 16.9 Å². The maximum Gasteiger partial charge on any atom is 0.185 e. The van der Waals surface area contributed by atoms with Gasteiger partial charge in [-0.25, -0.2) is 13.8 Å². The van der Waals surface area contributed by atoms with Gasteiger partial charge in [0.15, 0.2) is 5.78 Å². The highest BCUT2D eigenvalue weighted by Crippen LogP contribution is 2.37. The molecule has 5 nitrogen and oxygen atoms in total. The summed E-state index contributed by atoms with van der Waals surface area (Å²) in [7, 11) is 0. The largest absolute Gasteiger partial charge is 0.508 e. The van der Waals surface area contributed by atoms with E-state index in [0.717, 1.165) is 42.5 Å². The summed E-state index contributed by atoms with van der Waals surface area (Å²) in [6, 6.07) is 7.82. The third kappa shape index (κ3) is 4.67. The lowest BCUT2D eigenvalue weighted by atomic mass is 9.75. The molecular formula is C25H25F2N3O2. The molecule has 0 spiro atoms. The molecule has 0 aliphatic heterocycles. The first kappa shape index (κ1) is 22.0. The van der Waals surface area contributed by atoms with E-state index in [0.29, 0.717) is 5.92 Å². The van der Waals surface area contributed by atoms with Crippen molar-refractivity contribution in [1.29, 1.82) is 0 Å². The molecule has 7 heteroatoms. The number of aromatic nitrogens is 2. The van der Waals surface area contributed by atoms with Crippen molar-refractivity contribution in [3.05, 3.63) is 77.2 Å². The molecule has 2 heterocycles. The van der Waals surface area contributed by atoms with Gasteiger partial charge in [-0.2, -0.15) is 0 Å². The van der Waals surface area contributed by atoms with Gasteiger partial charge in [-0.3, -0.25) is 9.78 Å². The van der Waals surface area contributed by atoms with Crippen LogP contribution in [-0.2, 0) is 6.42 Å². The third-order valence-electron chi connectivity index (χ3n) is 6.05. The van der Waals surface area contributed by atoms with Crippen LogP contribution in [0.3, 0.4) is 0 Å². The average molecular weight is 437 g/mol. The van der Waals surface area contributed by atoms with Gasteiger partial charge >= 0.3 is 0 Å². The molecule has 1 saturated carbocycles. The smallest absolute Gasteiger partial charge is 0.185 e. The summed E-state index contributed by atoms with van der Waals surface area (Å²) in [6.07, 6.45) is 6.30. The van der Waals surface area contributed by atoms with Crippen molar-refractivity contribution >= 4 is 5.78 Å². The van der Waals surface area contributed by atoms with Gasteiger partial charge in [-0.1, -0.05) is 6.92 Å². The topological polar surface area (TPSA) is 89.1 Å². The van der Waals surface area contributed by atoms with Crippen LogP contribution in [0, 0.1) is 17.6 Å². The zero-order chi connectivity index (χ0) is 22.8. The van der Waals surface area contributed by atoms with Crippen LogP contribution in [0.5, 0.6) is 5.75 Å². The molecular weight excluding hydrogens is 412 g/mol. The van der Waals surface area contributed by atoms with E-state index in [1.54, 1.807) is 12.4 Å². The van der Waals surface area contributed by atoms with Crippen molar-refractivity contribution in [1.82, 2.24) is 9.97 Å². The van der Waals surface area contributed by atoms with Crippen molar-refractivity contribution in [2.45, 2.75) is 44.6 Å². The van der Waals surface area contributed by atoms with Gasteiger partial charge in [0, 0.05) is 36.5 Å². The van der Waals surface area contributed by atoms with Gasteiger partial charge in [0.1, 0.15) is 28.8 Å². The predicted molar refractivity (Wildman–Crippen MR) is 117 cm³/mol. The number of nitrogens with zero attached hydrogens (tertiary/aromatic N) is 2. The number of aromatic hydroxyl groups is 1. The zero-order valence-electron chi connectivity index (χ0n) is 17.8. The molecule has 3 aromatic rings. The summed E-state index contributed by atoms with van der Waals surface area (Å²) in [4.78, 5) is 21.3. The lowest BCUT2D eigenvalue weighted by Crippen LogP contribution is -2.31. The molecule has 4 rings (SSSR count). The minimum absolute atomic E-state index is 0.0393. The number of pyridine rings is 2. The number of rotatable bonds is 5. The van der Waals surface area contributed by atoms with Crippen LogP contribution in [0.25, 0.3) is 11.3 Å². The van der Waals surface area contributed by atoms with E-state index in [1.165, 1.54) is 18.2 Å². The van der Waals surface area contributed by atoms with E-state index < -0.39 is 11.6 Å². The number of hydrogen-bond acceptors (Lipinski definition) is 5. The van der Waals surface area contributed by atoms with E-state index in [-0.39, 0.29) is 46.9 Å². The molecule has 0 amide bonds. The van der Waals surface area contributed by atoms with Crippen molar-refractivity contribution in [2.24, 2.45) is 11.7 Å². The SMILES string of the molecule is C[C@@H]1C[C@H](N)C[C@H](c2ccncc2CC(=O)c2ccc(F)c(-c3ccc(O)cc3F)n2)C1. The first-order valence-electron chi connectivity index (χ1n) is 10.7. The molecule has 0 unspecified atom stereocenters. The molecule has 32 heavy (non-hydrogen) atoms. The predicted octanol–water partition coefficient (Wildman–Crippen LogP) is 4.78. The summed E-state index contributed by atoms with van der Waals surface area (Å²) in [5.41, 5.74) is 7.73. The van der Waals surface area contributed by atoms with E-state index in [9.17, 15) is 18.7 Å². The standard InChI is InChI=1S/C25H25F2N3O2/c1-14-8-15(10-17(28)9-14)19-6-7-29-13-16(19)11-24(32)23-5-4-21(26)25(30-23)20-3-2-18(31)12-22(20)27/h2-7,12-15,17,31H,8-11,28H2,1H3/t14-,15+,17-/m0/s1.